The molecule has 1 aromatic heterocycles. The Labute approximate surface area is 148 Å². The van der Waals surface area contributed by atoms with Crippen LogP contribution in [0.25, 0.3) is 0 Å². The van der Waals surface area contributed by atoms with Gasteiger partial charge in [0.2, 0.25) is 5.91 Å². The minimum Gasteiger partial charge on any atom is -0.390 e. The van der Waals surface area contributed by atoms with E-state index < -0.39 is 18.2 Å². The van der Waals surface area contributed by atoms with Gasteiger partial charge in [0.1, 0.15) is 11.9 Å². The third kappa shape index (κ3) is 3.94. The molecule has 0 spiro atoms. The molecule has 1 aliphatic carbocycles. The van der Waals surface area contributed by atoms with Crippen LogP contribution in [-0.2, 0) is 9.53 Å². The molecule has 138 valence electrons. The average molecular weight is 349 g/mol. The normalized spacial score (nSPS) is 29.9. The maximum absolute atomic E-state index is 12.1. The lowest BCUT2D eigenvalue weighted by atomic mass is 9.94. The van der Waals surface area contributed by atoms with Crippen molar-refractivity contribution < 1.29 is 19.7 Å². The van der Waals surface area contributed by atoms with Gasteiger partial charge in [0, 0.05) is 31.1 Å². The molecule has 1 saturated heterocycles. The number of rotatable bonds is 4. The lowest BCUT2D eigenvalue weighted by Gasteiger charge is -2.28. The second-order valence-corrected chi connectivity index (χ2v) is 7.14. The van der Waals surface area contributed by atoms with Gasteiger partial charge in [0.15, 0.2) is 0 Å². The second kappa shape index (κ2) is 7.68. The minimum atomic E-state index is -0.966. The summed E-state index contributed by atoms with van der Waals surface area (Å²) >= 11 is 0. The molecule has 3 N–H and O–H groups in total. The Kier molecular flexibility index (Phi) is 5.56. The van der Waals surface area contributed by atoms with E-state index in [-0.39, 0.29) is 17.7 Å². The molecule has 4 atom stereocenters. The van der Waals surface area contributed by atoms with Crippen molar-refractivity contribution in [2.45, 2.75) is 44.4 Å². The minimum absolute atomic E-state index is 0.124. The van der Waals surface area contributed by atoms with Crippen LogP contribution in [0, 0.1) is 5.92 Å². The number of amides is 1. The van der Waals surface area contributed by atoms with Crippen molar-refractivity contribution in [3.8, 4) is 0 Å². The van der Waals surface area contributed by atoms with Gasteiger partial charge in [-0.05, 0) is 18.1 Å². The summed E-state index contributed by atoms with van der Waals surface area (Å²) in [5, 5.41) is 23.2. The first kappa shape index (κ1) is 18.1. The van der Waals surface area contributed by atoms with Gasteiger partial charge < -0.3 is 25.2 Å². The molecule has 1 aromatic rings. The quantitative estimate of drug-likeness (QED) is 0.722. The summed E-state index contributed by atoms with van der Waals surface area (Å²) in [7, 11) is 0. The number of anilines is 1. The molecule has 1 aliphatic heterocycles. The van der Waals surface area contributed by atoms with Gasteiger partial charge in [-0.1, -0.05) is 19.9 Å². The van der Waals surface area contributed by atoms with Gasteiger partial charge in [-0.15, -0.1) is 0 Å². The summed E-state index contributed by atoms with van der Waals surface area (Å²) in [6, 6.07) is 3.43. The van der Waals surface area contributed by atoms with Crippen molar-refractivity contribution in [2.24, 2.45) is 5.92 Å². The zero-order chi connectivity index (χ0) is 18.0. The largest absolute Gasteiger partial charge is 0.390 e. The van der Waals surface area contributed by atoms with Crippen molar-refractivity contribution in [1.82, 2.24) is 10.3 Å². The van der Waals surface area contributed by atoms with Crippen LogP contribution < -0.4 is 10.2 Å². The second-order valence-electron chi connectivity index (χ2n) is 7.14. The number of morpholine rings is 1. The first-order chi connectivity index (χ1) is 12.0. The number of hydrogen-bond acceptors (Lipinski definition) is 6. The fourth-order valence-corrected chi connectivity index (χ4v) is 3.48. The monoisotopic (exact) mass is 349 g/mol. The molecule has 7 nitrogen and oxygen atoms in total. The Morgan fingerprint density at radius 3 is 2.64 bits per heavy atom. The molecule has 2 aliphatic rings. The number of ether oxygens (including phenoxy) is 1. The van der Waals surface area contributed by atoms with E-state index in [0.717, 1.165) is 24.5 Å². The molecule has 4 unspecified atom stereocenters. The van der Waals surface area contributed by atoms with E-state index in [1.165, 1.54) is 0 Å². The zero-order valence-corrected chi connectivity index (χ0v) is 14.8. The molecule has 25 heavy (non-hydrogen) atoms. The Hall–Kier alpha value is -1.70. The van der Waals surface area contributed by atoms with Gasteiger partial charge in [-0.25, -0.2) is 4.98 Å². The standard InChI is InChI=1S/C18H27N3O4/c1-11(2)18(24)20-16-13(9-14(22)17(16)23)12-3-4-15(19-10-12)21-5-7-25-8-6-21/h3-4,10-11,13-14,16-17,22-23H,5-9H2,1-2H3,(H,20,24). The summed E-state index contributed by atoms with van der Waals surface area (Å²) in [6.45, 7) is 6.66. The number of nitrogens with zero attached hydrogens (tertiary/aromatic N) is 2. The molecule has 2 fully saturated rings. The van der Waals surface area contributed by atoms with E-state index in [4.69, 9.17) is 4.74 Å². The number of pyridine rings is 1. The summed E-state index contributed by atoms with van der Waals surface area (Å²) in [6.07, 6.45) is 0.380. The number of aliphatic hydroxyl groups is 2. The van der Waals surface area contributed by atoms with Crippen LogP contribution in [0.2, 0.25) is 0 Å². The van der Waals surface area contributed by atoms with Gasteiger partial charge in [0.25, 0.3) is 0 Å². The highest BCUT2D eigenvalue weighted by Crippen LogP contribution is 2.35. The Morgan fingerprint density at radius 1 is 1.32 bits per heavy atom. The summed E-state index contributed by atoms with van der Waals surface area (Å²) in [5.41, 5.74) is 0.918. The molecular weight excluding hydrogens is 322 g/mol. The molecule has 1 amide bonds. The van der Waals surface area contributed by atoms with Crippen molar-refractivity contribution in [3.63, 3.8) is 0 Å². The van der Waals surface area contributed by atoms with Gasteiger partial charge in [0.05, 0.1) is 25.4 Å². The Balaban J connectivity index is 1.75. The van der Waals surface area contributed by atoms with E-state index in [9.17, 15) is 15.0 Å². The number of nitrogens with one attached hydrogen (secondary N) is 1. The number of aromatic nitrogens is 1. The molecule has 7 heteroatoms. The van der Waals surface area contributed by atoms with Crippen molar-refractivity contribution in [1.29, 1.82) is 0 Å². The maximum atomic E-state index is 12.1. The zero-order valence-electron chi connectivity index (χ0n) is 14.8. The molecule has 0 radical (unpaired) electrons. The molecular formula is C18H27N3O4. The first-order valence-corrected chi connectivity index (χ1v) is 8.92. The Morgan fingerprint density at radius 2 is 2.04 bits per heavy atom. The number of aliphatic hydroxyl groups excluding tert-OH is 2. The van der Waals surface area contributed by atoms with Crippen molar-refractivity contribution >= 4 is 11.7 Å². The van der Waals surface area contributed by atoms with Crippen LogP contribution in [0.15, 0.2) is 18.3 Å². The van der Waals surface area contributed by atoms with Crippen LogP contribution in [-0.4, -0.2) is 65.7 Å². The smallest absolute Gasteiger partial charge is 0.222 e. The van der Waals surface area contributed by atoms with Crippen LogP contribution in [0.1, 0.15) is 31.7 Å². The predicted molar refractivity (Wildman–Crippen MR) is 93.4 cm³/mol. The number of carbonyl (C=O) groups excluding carboxylic acids is 1. The van der Waals surface area contributed by atoms with Crippen LogP contribution in [0.5, 0.6) is 0 Å². The van der Waals surface area contributed by atoms with E-state index in [1.54, 1.807) is 20.0 Å². The molecule has 0 bridgehead atoms. The van der Waals surface area contributed by atoms with Crippen molar-refractivity contribution in [3.05, 3.63) is 23.9 Å². The third-order valence-corrected chi connectivity index (χ3v) is 5.06. The number of hydrogen-bond donors (Lipinski definition) is 3. The number of carbonyl (C=O) groups is 1. The highest BCUT2D eigenvalue weighted by atomic mass is 16.5. The first-order valence-electron chi connectivity index (χ1n) is 8.92. The summed E-state index contributed by atoms with van der Waals surface area (Å²) in [4.78, 5) is 18.8. The van der Waals surface area contributed by atoms with Crippen LogP contribution in [0.4, 0.5) is 5.82 Å². The topological polar surface area (TPSA) is 94.9 Å². The highest BCUT2D eigenvalue weighted by Gasteiger charge is 2.43. The lowest BCUT2D eigenvalue weighted by molar-refractivity contribution is -0.125. The molecule has 0 aromatic carbocycles. The van der Waals surface area contributed by atoms with Crippen LogP contribution in [0.3, 0.4) is 0 Å². The summed E-state index contributed by atoms with van der Waals surface area (Å²) < 4.78 is 5.35. The van der Waals surface area contributed by atoms with E-state index in [2.05, 4.69) is 15.2 Å². The van der Waals surface area contributed by atoms with Crippen molar-refractivity contribution in [2.75, 3.05) is 31.2 Å². The third-order valence-electron chi connectivity index (χ3n) is 5.06. The fourth-order valence-electron chi connectivity index (χ4n) is 3.48. The fraction of sp³-hybridized carbons (Fsp3) is 0.667. The van der Waals surface area contributed by atoms with Gasteiger partial charge >= 0.3 is 0 Å². The van der Waals surface area contributed by atoms with E-state index in [1.807, 2.05) is 12.1 Å². The average Bonchev–Trinajstić information content (AvgIpc) is 2.91. The van der Waals surface area contributed by atoms with Gasteiger partial charge in [-0.3, -0.25) is 4.79 Å². The van der Waals surface area contributed by atoms with Gasteiger partial charge in [-0.2, -0.15) is 0 Å². The van der Waals surface area contributed by atoms with Crippen LogP contribution >= 0.6 is 0 Å². The molecule has 2 heterocycles. The summed E-state index contributed by atoms with van der Waals surface area (Å²) in [5.74, 6) is 0.446. The Bertz CT molecular complexity index is 586. The lowest BCUT2D eigenvalue weighted by Crippen LogP contribution is -2.46. The highest BCUT2D eigenvalue weighted by molar-refractivity contribution is 5.78. The maximum Gasteiger partial charge on any atom is 0.222 e. The van der Waals surface area contributed by atoms with E-state index in [0.29, 0.717) is 19.6 Å². The molecule has 1 saturated carbocycles. The molecule has 3 rings (SSSR count). The predicted octanol–water partition coefficient (Wildman–Crippen LogP) is 0.268. The van der Waals surface area contributed by atoms with E-state index >= 15 is 0 Å². The SMILES string of the molecule is CC(C)C(=O)NC1C(c2ccc(N3CCOCC3)nc2)CC(O)C1O.